The number of morpholine rings is 1. The zero-order valence-electron chi connectivity index (χ0n) is 17.7. The van der Waals surface area contributed by atoms with Crippen LogP contribution in [0.4, 0.5) is 0 Å². The van der Waals surface area contributed by atoms with Crippen molar-refractivity contribution in [1.29, 1.82) is 0 Å². The average molecular weight is 414 g/mol. The van der Waals surface area contributed by atoms with E-state index in [9.17, 15) is 14.4 Å². The lowest BCUT2D eigenvalue weighted by Crippen LogP contribution is -2.54. The Morgan fingerprint density at radius 1 is 0.967 bits per heavy atom. The summed E-state index contributed by atoms with van der Waals surface area (Å²) in [6.45, 7) is 5.97. The quantitative estimate of drug-likeness (QED) is 0.756. The lowest BCUT2D eigenvalue weighted by atomic mass is 9.94. The fraction of sp³-hybridized carbons (Fsp3) is 0.609. The summed E-state index contributed by atoms with van der Waals surface area (Å²) in [4.78, 5) is 43.8. The van der Waals surface area contributed by atoms with Crippen LogP contribution in [0.3, 0.4) is 0 Å². The van der Waals surface area contributed by atoms with Gasteiger partial charge in [-0.15, -0.1) is 0 Å². The number of benzene rings is 1. The van der Waals surface area contributed by atoms with Gasteiger partial charge in [-0.25, -0.2) is 0 Å². The molecule has 7 nitrogen and oxygen atoms in total. The molecule has 0 aromatic heterocycles. The monoisotopic (exact) mass is 413 g/mol. The van der Waals surface area contributed by atoms with Crippen LogP contribution in [0.15, 0.2) is 24.3 Å². The number of piperidine rings is 2. The van der Waals surface area contributed by atoms with Gasteiger partial charge in [0, 0.05) is 44.3 Å². The molecule has 3 aliphatic heterocycles. The third-order valence-corrected chi connectivity index (χ3v) is 6.60. The van der Waals surface area contributed by atoms with Gasteiger partial charge in [0.25, 0.3) is 5.91 Å². The molecule has 162 valence electrons. The Morgan fingerprint density at radius 3 is 2.40 bits per heavy atom. The molecule has 1 atom stereocenters. The van der Waals surface area contributed by atoms with Crippen LogP contribution in [0, 0.1) is 12.8 Å². The second-order valence-electron chi connectivity index (χ2n) is 8.65. The van der Waals surface area contributed by atoms with Gasteiger partial charge in [0.15, 0.2) is 0 Å². The summed E-state index contributed by atoms with van der Waals surface area (Å²) in [5, 5.41) is 0. The highest BCUT2D eigenvalue weighted by atomic mass is 16.5. The molecule has 1 aromatic carbocycles. The summed E-state index contributed by atoms with van der Waals surface area (Å²) >= 11 is 0. The van der Waals surface area contributed by atoms with Gasteiger partial charge < -0.3 is 19.4 Å². The van der Waals surface area contributed by atoms with Crippen LogP contribution >= 0.6 is 0 Å². The highest BCUT2D eigenvalue weighted by Gasteiger charge is 2.35. The number of carbonyl (C=O) groups excluding carboxylic acids is 3. The van der Waals surface area contributed by atoms with E-state index in [0.29, 0.717) is 44.9 Å². The lowest BCUT2D eigenvalue weighted by molar-refractivity contribution is -0.148. The predicted octanol–water partition coefficient (Wildman–Crippen LogP) is 1.70. The summed E-state index contributed by atoms with van der Waals surface area (Å²) in [6.07, 6.45) is 3.32. The molecule has 1 aromatic rings. The lowest BCUT2D eigenvalue weighted by Gasteiger charge is -2.41. The Bertz CT molecular complexity index is 786. The number of nitrogens with zero attached hydrogens (tertiary/aromatic N) is 3. The van der Waals surface area contributed by atoms with E-state index in [1.165, 1.54) is 0 Å². The van der Waals surface area contributed by atoms with Crippen molar-refractivity contribution in [2.45, 2.75) is 38.6 Å². The van der Waals surface area contributed by atoms with E-state index < -0.39 is 0 Å². The first-order chi connectivity index (χ1) is 14.5. The topological polar surface area (TPSA) is 70.2 Å². The maximum atomic E-state index is 13.1. The minimum atomic E-state index is -0.130. The predicted molar refractivity (Wildman–Crippen MR) is 112 cm³/mol. The highest BCUT2D eigenvalue weighted by Crippen LogP contribution is 2.24. The number of aryl methyl sites for hydroxylation is 1. The van der Waals surface area contributed by atoms with Crippen LogP contribution in [0.1, 0.15) is 41.6 Å². The Balaban J connectivity index is 1.32. The van der Waals surface area contributed by atoms with Crippen molar-refractivity contribution in [3.05, 3.63) is 35.4 Å². The molecule has 3 saturated heterocycles. The Morgan fingerprint density at radius 2 is 1.70 bits per heavy atom. The largest absolute Gasteiger partial charge is 0.370 e. The van der Waals surface area contributed by atoms with Crippen molar-refractivity contribution in [1.82, 2.24) is 14.7 Å². The first kappa shape index (κ1) is 20.8. The van der Waals surface area contributed by atoms with Gasteiger partial charge in [-0.1, -0.05) is 17.7 Å². The Labute approximate surface area is 177 Å². The molecule has 0 aliphatic carbocycles. The fourth-order valence-corrected chi connectivity index (χ4v) is 4.81. The normalized spacial score (nSPS) is 23.6. The zero-order valence-corrected chi connectivity index (χ0v) is 17.7. The molecular formula is C23H31N3O4. The SMILES string of the molecule is Cc1ccc(C(=O)N2CCCC(C(=O)N3CCC(N4CCOCC4=O)CC3)C2)cc1. The molecule has 0 saturated carbocycles. The van der Waals surface area contributed by atoms with Crippen LogP contribution in [0.25, 0.3) is 0 Å². The first-order valence-corrected chi connectivity index (χ1v) is 11.0. The summed E-state index contributed by atoms with van der Waals surface area (Å²) in [5.74, 6) is 0.0958. The highest BCUT2D eigenvalue weighted by molar-refractivity contribution is 5.94. The summed E-state index contributed by atoms with van der Waals surface area (Å²) in [6, 6.07) is 7.82. The maximum Gasteiger partial charge on any atom is 0.253 e. The van der Waals surface area contributed by atoms with Crippen LogP contribution < -0.4 is 0 Å². The number of rotatable bonds is 3. The minimum absolute atomic E-state index is 0.0111. The molecular weight excluding hydrogens is 382 g/mol. The van der Waals surface area contributed by atoms with E-state index in [2.05, 4.69) is 0 Å². The van der Waals surface area contributed by atoms with E-state index in [0.717, 1.165) is 31.2 Å². The second-order valence-corrected chi connectivity index (χ2v) is 8.65. The van der Waals surface area contributed by atoms with Crippen molar-refractivity contribution < 1.29 is 19.1 Å². The van der Waals surface area contributed by atoms with Gasteiger partial charge in [-0.2, -0.15) is 0 Å². The summed E-state index contributed by atoms with van der Waals surface area (Å²) in [7, 11) is 0. The van der Waals surface area contributed by atoms with Crippen molar-refractivity contribution in [3.8, 4) is 0 Å². The number of likely N-dealkylation sites (tertiary alicyclic amines) is 2. The molecule has 3 heterocycles. The third kappa shape index (κ3) is 4.51. The Kier molecular flexibility index (Phi) is 6.37. The van der Waals surface area contributed by atoms with Crippen molar-refractivity contribution in [2.75, 3.05) is 45.9 Å². The van der Waals surface area contributed by atoms with E-state index in [4.69, 9.17) is 4.74 Å². The van der Waals surface area contributed by atoms with Crippen LogP contribution in [0.5, 0.6) is 0 Å². The average Bonchev–Trinajstić information content (AvgIpc) is 2.79. The van der Waals surface area contributed by atoms with E-state index >= 15 is 0 Å². The van der Waals surface area contributed by atoms with Gasteiger partial charge in [0.05, 0.1) is 12.5 Å². The number of hydrogen-bond acceptors (Lipinski definition) is 4. The van der Waals surface area contributed by atoms with Crippen molar-refractivity contribution >= 4 is 17.7 Å². The molecule has 0 spiro atoms. The van der Waals surface area contributed by atoms with Gasteiger partial charge in [-0.05, 0) is 44.7 Å². The Hall–Kier alpha value is -2.41. The molecule has 3 aliphatic rings. The molecule has 4 rings (SSSR count). The number of amides is 3. The zero-order chi connectivity index (χ0) is 21.1. The summed E-state index contributed by atoms with van der Waals surface area (Å²) in [5.41, 5.74) is 1.81. The summed E-state index contributed by atoms with van der Waals surface area (Å²) < 4.78 is 5.22. The van der Waals surface area contributed by atoms with E-state index in [1.807, 2.05) is 45.9 Å². The number of hydrogen-bond donors (Lipinski definition) is 0. The molecule has 7 heteroatoms. The molecule has 0 radical (unpaired) electrons. The van der Waals surface area contributed by atoms with Crippen LogP contribution in [0.2, 0.25) is 0 Å². The molecule has 0 bridgehead atoms. The van der Waals surface area contributed by atoms with Crippen LogP contribution in [-0.4, -0.2) is 84.4 Å². The second kappa shape index (κ2) is 9.16. The molecule has 1 unspecified atom stereocenters. The third-order valence-electron chi connectivity index (χ3n) is 6.60. The number of carbonyl (C=O) groups is 3. The van der Waals surface area contributed by atoms with Crippen LogP contribution in [-0.2, 0) is 14.3 Å². The van der Waals surface area contributed by atoms with E-state index in [-0.39, 0.29) is 36.3 Å². The number of ether oxygens (including phenoxy) is 1. The van der Waals surface area contributed by atoms with Crippen molar-refractivity contribution in [2.24, 2.45) is 5.92 Å². The molecule has 3 fully saturated rings. The standard InChI is InChI=1S/C23H31N3O4/c1-17-4-6-18(7-5-17)22(28)25-10-2-3-19(15-25)23(29)24-11-8-20(9-12-24)26-13-14-30-16-21(26)27/h4-7,19-20H,2-3,8-16H2,1H3. The minimum Gasteiger partial charge on any atom is -0.370 e. The van der Waals surface area contributed by atoms with Crippen molar-refractivity contribution in [3.63, 3.8) is 0 Å². The molecule has 30 heavy (non-hydrogen) atoms. The smallest absolute Gasteiger partial charge is 0.253 e. The molecule has 3 amide bonds. The van der Waals surface area contributed by atoms with Gasteiger partial charge in [0.2, 0.25) is 11.8 Å². The van der Waals surface area contributed by atoms with Gasteiger partial charge >= 0.3 is 0 Å². The first-order valence-electron chi connectivity index (χ1n) is 11.0. The molecule has 0 N–H and O–H groups in total. The fourth-order valence-electron chi connectivity index (χ4n) is 4.81. The van der Waals surface area contributed by atoms with Gasteiger partial charge in [-0.3, -0.25) is 14.4 Å². The maximum absolute atomic E-state index is 13.1. The van der Waals surface area contributed by atoms with E-state index in [1.54, 1.807) is 0 Å². The van der Waals surface area contributed by atoms with Gasteiger partial charge in [0.1, 0.15) is 6.61 Å².